The number of aromatic nitrogens is 3. The Hall–Kier alpha value is -18.3. The zero-order valence-corrected chi connectivity index (χ0v) is 84.6. The van der Waals surface area contributed by atoms with Crippen molar-refractivity contribution < 1.29 is 17.7 Å². The quantitative estimate of drug-likeness (QED) is 0.124. The lowest BCUT2D eigenvalue weighted by Gasteiger charge is -2.20. The van der Waals surface area contributed by atoms with Crippen LogP contribution in [0.4, 0.5) is 0 Å². The van der Waals surface area contributed by atoms with Crippen LogP contribution in [0.5, 0.6) is 0 Å². The summed E-state index contributed by atoms with van der Waals surface area (Å²) in [6.45, 7) is 23.7. The zero-order chi connectivity index (χ0) is 102. The number of aryl methyl sites for hydroxylation is 11. The maximum atomic E-state index is 13.2. The summed E-state index contributed by atoms with van der Waals surface area (Å²) in [5, 5.41) is 12.5. The van der Waals surface area contributed by atoms with E-state index in [-0.39, 0.29) is 27.6 Å². The highest BCUT2D eigenvalue weighted by Gasteiger charge is 2.34. The second-order valence-electron chi connectivity index (χ2n) is 40.0. The topological polar surface area (TPSA) is 136 Å². The SMILES string of the molecule is CCc1cccc2c1C(c1ccc(-c3ccc4oc5ccccc5c(=O)c4c3)cc1)c1c(CC)cccc1-2.Cc1cc2c(=O)c3ccccc3oc2cc1-c1ccc(-n2c3c(C)cccc3c3cccc(C)c32)cc1.Cc1ccc2oc3cc(-c4ccc(-n5c6c(C)cccc6c6cccc(C)c65)cc4)c(C)cc3c(=O)c2c1.Cc1cccc2c3cccc(C)c3n(-c3cccc(-c4ccc5c(=O)c6ccccc6oc5c4)c3)c12. The molecule has 7 aromatic heterocycles. The molecule has 7 heterocycles. The van der Waals surface area contributed by atoms with Gasteiger partial charge in [0.1, 0.15) is 44.7 Å². The lowest BCUT2D eigenvalue weighted by molar-refractivity contribution is 0.659. The molecule has 0 spiro atoms. The molecule has 0 saturated heterocycles. The molecule has 28 rings (SSSR count). The molecule has 0 amide bonds. The Labute approximate surface area is 859 Å². The van der Waals surface area contributed by atoms with Crippen LogP contribution in [0.2, 0.25) is 0 Å². The Bertz CT molecular complexity index is 10300. The average Bonchev–Trinajstić information content (AvgIpc) is 1.59. The Morgan fingerprint density at radius 2 is 0.503 bits per heavy atom. The minimum Gasteiger partial charge on any atom is -0.456 e. The van der Waals surface area contributed by atoms with E-state index < -0.39 is 0 Å². The Morgan fingerprint density at radius 1 is 0.201 bits per heavy atom. The number of benzene rings is 20. The largest absolute Gasteiger partial charge is 0.456 e. The van der Waals surface area contributed by atoms with E-state index in [9.17, 15) is 19.2 Å². The highest BCUT2D eigenvalue weighted by atomic mass is 16.3. The van der Waals surface area contributed by atoms with Gasteiger partial charge in [-0.3, -0.25) is 19.2 Å². The van der Waals surface area contributed by atoms with E-state index in [0.717, 1.165) is 91.1 Å². The van der Waals surface area contributed by atoms with Crippen LogP contribution < -0.4 is 21.7 Å². The molecule has 0 N–H and O–H groups in total. The number of nitrogens with zero attached hydrogens (tertiary/aromatic N) is 3. The summed E-state index contributed by atoms with van der Waals surface area (Å²) >= 11 is 0. The van der Waals surface area contributed by atoms with Crippen LogP contribution in [0.3, 0.4) is 0 Å². The van der Waals surface area contributed by atoms with Gasteiger partial charge in [-0.15, -0.1) is 0 Å². The molecule has 11 heteroatoms. The maximum absolute atomic E-state index is 13.2. The molecule has 718 valence electrons. The Kier molecular flexibility index (Phi) is 22.7. The molecule has 20 aromatic carbocycles. The van der Waals surface area contributed by atoms with Crippen molar-refractivity contribution in [3.05, 3.63) is 513 Å². The van der Waals surface area contributed by atoms with E-state index in [0.29, 0.717) is 87.8 Å². The molecule has 0 atom stereocenters. The highest BCUT2D eigenvalue weighted by molar-refractivity contribution is 6.14. The first-order chi connectivity index (χ1) is 72.7. The summed E-state index contributed by atoms with van der Waals surface area (Å²) in [7, 11) is 0. The predicted octanol–water partition coefficient (Wildman–Crippen LogP) is 34.8. The number of rotatable bonds is 10. The van der Waals surface area contributed by atoms with Crippen LogP contribution in [-0.4, -0.2) is 13.7 Å². The monoisotopic (exact) mass is 1930 g/mol. The molecule has 11 nitrogen and oxygen atoms in total. The molecule has 0 fully saturated rings. The molecule has 27 aromatic rings. The van der Waals surface area contributed by atoms with E-state index in [1.54, 1.807) is 0 Å². The number of para-hydroxylation sites is 9. The third-order valence-corrected chi connectivity index (χ3v) is 30.8. The molecule has 0 aliphatic heterocycles. The van der Waals surface area contributed by atoms with Gasteiger partial charge >= 0.3 is 0 Å². The maximum Gasteiger partial charge on any atom is 0.200 e. The fourth-order valence-corrected chi connectivity index (χ4v) is 23.6. The van der Waals surface area contributed by atoms with Crippen molar-refractivity contribution in [1.82, 2.24) is 13.7 Å². The van der Waals surface area contributed by atoms with Crippen molar-refractivity contribution in [2.24, 2.45) is 0 Å². The molecule has 0 unspecified atom stereocenters. The van der Waals surface area contributed by atoms with Gasteiger partial charge in [0.05, 0.1) is 76.2 Å². The van der Waals surface area contributed by atoms with Crippen molar-refractivity contribution in [1.29, 1.82) is 0 Å². The van der Waals surface area contributed by atoms with Gasteiger partial charge in [-0.05, 0) is 337 Å². The van der Waals surface area contributed by atoms with Crippen molar-refractivity contribution in [3.8, 4) is 72.7 Å². The fraction of sp³-hybridized carbons (Fsp3) is 0.101. The summed E-state index contributed by atoms with van der Waals surface area (Å²) < 4.78 is 31.7. The van der Waals surface area contributed by atoms with Gasteiger partial charge in [-0.2, -0.15) is 0 Å². The van der Waals surface area contributed by atoms with E-state index >= 15 is 0 Å². The summed E-state index contributed by atoms with van der Waals surface area (Å²) in [4.78, 5) is 52.5. The Balaban J connectivity index is 0.000000103. The van der Waals surface area contributed by atoms with Crippen LogP contribution in [0.25, 0.3) is 226 Å². The molecule has 0 radical (unpaired) electrons. The molecular formula is C138H103N3O8. The standard InChI is InChI=1S/C36H28O2.C35H27NO2.C34H25NO2.C33H23NO2/c1-3-22-9-7-12-27-28-13-8-10-23(4-2)34(28)35(33(22)27)25-17-15-24(16-18-25)26-19-20-32-30(21-26)36(37)29-11-5-6-14-31(29)38-32;1-20-11-16-31-29(17-20)35(37)30-18-23(4)28(19-32(30)38-31)24-12-14-25(15-13-24)36-33-21(2)7-5-9-26(33)27-10-6-8-22(3)34(27)36;1-20-8-6-11-25-26-12-7-9-21(2)33(26)35(32(20)25)24-16-14-23(15-17-24)28-19-31-29(18-22(28)3)34(36)27-10-4-5-13-30(27)37-31;1-20-8-5-13-25-26-14-6-9-21(2)32(26)34(31(20)25)24-11-7-10-22(18-24)23-16-17-28-30(19-23)36-29-15-4-3-12-27(29)33(28)35/h5-21,35H,3-4H2,1-2H3;5-19H,1-4H3;4-19H,1-3H3;3-19H,1-2H3. The first-order valence-electron chi connectivity index (χ1n) is 51.2. The van der Waals surface area contributed by atoms with Crippen molar-refractivity contribution in [3.63, 3.8) is 0 Å². The van der Waals surface area contributed by atoms with Crippen LogP contribution in [-0.2, 0) is 12.8 Å². The van der Waals surface area contributed by atoms with Gasteiger partial charge in [0.15, 0.2) is 0 Å². The smallest absolute Gasteiger partial charge is 0.200 e. The minimum atomic E-state index is 0.00313. The van der Waals surface area contributed by atoms with Gasteiger partial charge in [0.25, 0.3) is 0 Å². The zero-order valence-electron chi connectivity index (χ0n) is 84.6. The first-order valence-corrected chi connectivity index (χ1v) is 51.2. The number of fused-ring (bicyclic) bond motifs is 20. The van der Waals surface area contributed by atoms with Crippen LogP contribution in [0.15, 0.2) is 431 Å². The molecule has 1 aliphatic carbocycles. The molecule has 0 bridgehead atoms. The van der Waals surface area contributed by atoms with Gasteiger partial charge in [-0.1, -0.05) is 280 Å². The number of hydrogen-bond acceptors (Lipinski definition) is 8. The minimum absolute atomic E-state index is 0.00313. The van der Waals surface area contributed by atoms with E-state index in [1.165, 1.54) is 138 Å². The van der Waals surface area contributed by atoms with Crippen LogP contribution in [0, 0.1) is 62.3 Å². The Morgan fingerprint density at radius 3 is 0.926 bits per heavy atom. The molecule has 0 saturated carbocycles. The third kappa shape index (κ3) is 15.5. The van der Waals surface area contributed by atoms with Crippen molar-refractivity contribution in [2.75, 3.05) is 0 Å². The van der Waals surface area contributed by atoms with E-state index in [1.807, 2.05) is 159 Å². The fourth-order valence-electron chi connectivity index (χ4n) is 23.6. The lowest BCUT2D eigenvalue weighted by Crippen LogP contribution is -2.05. The highest BCUT2D eigenvalue weighted by Crippen LogP contribution is 2.52. The third-order valence-electron chi connectivity index (χ3n) is 30.8. The van der Waals surface area contributed by atoms with Gasteiger partial charge < -0.3 is 31.4 Å². The predicted molar refractivity (Wildman–Crippen MR) is 619 cm³/mol. The van der Waals surface area contributed by atoms with Gasteiger partial charge in [-0.25, -0.2) is 0 Å². The van der Waals surface area contributed by atoms with E-state index in [2.05, 4.69) is 326 Å². The van der Waals surface area contributed by atoms with E-state index in [4.69, 9.17) is 17.7 Å². The summed E-state index contributed by atoms with van der Waals surface area (Å²) in [5.74, 6) is 0.233. The lowest BCUT2D eigenvalue weighted by atomic mass is 9.83. The first kappa shape index (κ1) is 91.9. The summed E-state index contributed by atoms with van der Waals surface area (Å²) in [5.41, 5.74) is 44.7. The van der Waals surface area contributed by atoms with Gasteiger partial charge in [0, 0.05) is 55.3 Å². The average molecular weight is 1930 g/mol. The summed E-state index contributed by atoms with van der Waals surface area (Å²) in [6, 6.07) is 135. The van der Waals surface area contributed by atoms with Crippen molar-refractivity contribution in [2.45, 2.75) is 94.9 Å². The normalized spacial score (nSPS) is 12.0. The molecule has 1 aliphatic rings. The van der Waals surface area contributed by atoms with Crippen LogP contribution in [0.1, 0.15) is 97.7 Å². The van der Waals surface area contributed by atoms with Gasteiger partial charge in [0.2, 0.25) is 21.7 Å². The summed E-state index contributed by atoms with van der Waals surface area (Å²) in [6.07, 6.45) is 2.03. The van der Waals surface area contributed by atoms with Crippen LogP contribution >= 0.6 is 0 Å². The van der Waals surface area contributed by atoms with Crippen molar-refractivity contribution >= 4 is 153 Å². The second kappa shape index (κ2) is 36.8. The molecule has 149 heavy (non-hydrogen) atoms. The molecular weight excluding hydrogens is 1830 g/mol. The second-order valence-corrected chi connectivity index (χ2v) is 40.0. The number of hydrogen-bond donors (Lipinski definition) is 0.